The van der Waals surface area contributed by atoms with E-state index >= 15 is 0 Å². The molecule has 0 saturated carbocycles. The van der Waals surface area contributed by atoms with Gasteiger partial charge in [0.05, 0.1) is 10.9 Å². The summed E-state index contributed by atoms with van der Waals surface area (Å²) in [5.74, 6) is 0.581. The van der Waals surface area contributed by atoms with E-state index in [1.165, 1.54) is 0 Å². The first kappa shape index (κ1) is 33.5. The molecular weight excluding hydrogens is 583 g/mol. The van der Waals surface area contributed by atoms with E-state index in [0.29, 0.717) is 35.4 Å². The van der Waals surface area contributed by atoms with E-state index < -0.39 is 10.0 Å². The Hall–Kier alpha value is -2.04. The van der Waals surface area contributed by atoms with Crippen LogP contribution in [-0.2, 0) is 16.4 Å². The number of fused-ring (bicyclic) bond motifs is 1. The first-order valence-electron chi connectivity index (χ1n) is 14.5. The van der Waals surface area contributed by atoms with Crippen LogP contribution in [0.2, 0.25) is 10.0 Å². The zero-order valence-electron chi connectivity index (χ0n) is 24.3. The molecule has 2 aromatic carbocycles. The molecule has 0 unspecified atom stereocenters. The van der Waals surface area contributed by atoms with E-state index in [0.717, 1.165) is 68.9 Å². The highest BCUT2D eigenvalue weighted by Gasteiger charge is 2.37. The number of hydrogen-bond donors (Lipinski definition) is 3. The van der Waals surface area contributed by atoms with E-state index in [1.54, 1.807) is 30.3 Å². The minimum Gasteiger partial charge on any atom is -0.484 e. The van der Waals surface area contributed by atoms with E-state index in [1.807, 2.05) is 20.2 Å². The molecule has 0 aliphatic heterocycles. The van der Waals surface area contributed by atoms with Crippen LogP contribution in [0.5, 0.6) is 5.75 Å². The lowest BCUT2D eigenvalue weighted by Crippen LogP contribution is -2.36. The van der Waals surface area contributed by atoms with Gasteiger partial charge in [0.1, 0.15) is 11.9 Å². The molecule has 1 aliphatic carbocycles. The zero-order chi connectivity index (χ0) is 29.8. The number of ether oxygens (including phenoxy) is 1. The van der Waals surface area contributed by atoms with Gasteiger partial charge in [-0.15, -0.1) is 0 Å². The molecule has 3 rings (SSSR count). The molecule has 2 amide bonds. The fourth-order valence-corrected chi connectivity index (χ4v) is 6.61. The second-order valence-electron chi connectivity index (χ2n) is 10.8. The molecule has 2 atom stereocenters. The maximum absolute atomic E-state index is 12.8. The van der Waals surface area contributed by atoms with Crippen molar-refractivity contribution in [1.82, 2.24) is 20.3 Å². The summed E-state index contributed by atoms with van der Waals surface area (Å²) in [6, 6.07) is 10.1. The first-order chi connectivity index (χ1) is 19.6. The van der Waals surface area contributed by atoms with Crippen LogP contribution in [0.25, 0.3) is 0 Å². The minimum atomic E-state index is -3.60. The molecule has 0 aromatic heterocycles. The highest BCUT2D eigenvalue weighted by atomic mass is 35.5. The Morgan fingerprint density at radius 2 is 1.54 bits per heavy atom. The second-order valence-corrected chi connectivity index (χ2v) is 13.4. The van der Waals surface area contributed by atoms with Gasteiger partial charge in [0.25, 0.3) is 0 Å². The molecule has 1 aliphatic rings. The van der Waals surface area contributed by atoms with Gasteiger partial charge in [0.2, 0.25) is 10.0 Å². The predicted octanol–water partition coefficient (Wildman–Crippen LogP) is 6.32. The van der Waals surface area contributed by atoms with Gasteiger partial charge < -0.3 is 20.3 Å². The van der Waals surface area contributed by atoms with Crippen LogP contribution >= 0.6 is 23.2 Å². The van der Waals surface area contributed by atoms with Crippen molar-refractivity contribution in [3.63, 3.8) is 0 Å². The van der Waals surface area contributed by atoms with Crippen molar-refractivity contribution in [3.8, 4) is 5.75 Å². The van der Waals surface area contributed by atoms with E-state index in [2.05, 4.69) is 27.2 Å². The molecule has 8 nitrogen and oxygen atoms in total. The van der Waals surface area contributed by atoms with Crippen LogP contribution in [0.3, 0.4) is 0 Å². The van der Waals surface area contributed by atoms with Gasteiger partial charge in [0.15, 0.2) is 0 Å². The normalized spacial score (nSPS) is 16.5. The lowest BCUT2D eigenvalue weighted by molar-refractivity contribution is 0.111. The van der Waals surface area contributed by atoms with Gasteiger partial charge in [-0.05, 0) is 81.7 Å². The topological polar surface area (TPSA) is 99.8 Å². The molecule has 228 valence electrons. The molecule has 0 radical (unpaired) electrons. The second kappa shape index (κ2) is 16.6. The van der Waals surface area contributed by atoms with Crippen LogP contribution in [0, 0.1) is 0 Å². The summed E-state index contributed by atoms with van der Waals surface area (Å²) in [6.45, 7) is 3.87. The van der Waals surface area contributed by atoms with Crippen LogP contribution in [-0.4, -0.2) is 59.1 Å². The van der Waals surface area contributed by atoms with Crippen LogP contribution < -0.4 is 20.1 Å². The van der Waals surface area contributed by atoms with E-state index in [-0.39, 0.29) is 23.1 Å². The quantitative estimate of drug-likeness (QED) is 0.178. The molecule has 2 aromatic rings. The summed E-state index contributed by atoms with van der Waals surface area (Å²) in [6.07, 6.45) is 8.32. The molecule has 41 heavy (non-hydrogen) atoms. The Balaban J connectivity index is 1.38. The number of nitrogens with one attached hydrogen (secondary N) is 3. The Labute approximate surface area is 255 Å². The highest BCUT2D eigenvalue weighted by molar-refractivity contribution is 7.89. The van der Waals surface area contributed by atoms with Crippen LogP contribution in [0.4, 0.5) is 4.79 Å². The number of urea groups is 1. The van der Waals surface area contributed by atoms with Crippen LogP contribution in [0.15, 0.2) is 41.3 Å². The molecule has 0 spiro atoms. The highest BCUT2D eigenvalue weighted by Crippen LogP contribution is 2.42. The summed E-state index contributed by atoms with van der Waals surface area (Å²) in [5, 5.41) is 6.91. The average molecular weight is 628 g/mol. The van der Waals surface area contributed by atoms with Crippen molar-refractivity contribution < 1.29 is 17.9 Å². The summed E-state index contributed by atoms with van der Waals surface area (Å²) in [7, 11) is 0.395. The first-order valence-corrected chi connectivity index (χ1v) is 16.8. The number of rotatable bonds is 17. The van der Waals surface area contributed by atoms with Crippen molar-refractivity contribution in [2.24, 2.45) is 0 Å². The smallest absolute Gasteiger partial charge is 0.314 e. The fraction of sp³-hybridized carbons (Fsp3) is 0.567. The number of sulfonamides is 1. The molecule has 11 heteroatoms. The monoisotopic (exact) mass is 626 g/mol. The number of likely N-dealkylation sites (N-methyl/N-ethyl adjacent to an activating group) is 1. The van der Waals surface area contributed by atoms with Gasteiger partial charge in [-0.1, -0.05) is 62.2 Å². The van der Waals surface area contributed by atoms with Crippen molar-refractivity contribution in [3.05, 3.63) is 57.6 Å². The summed E-state index contributed by atoms with van der Waals surface area (Å²) in [5.41, 5.74) is 1.99. The lowest BCUT2D eigenvalue weighted by atomic mass is 10.1. The van der Waals surface area contributed by atoms with Gasteiger partial charge in [-0.25, -0.2) is 17.9 Å². The van der Waals surface area contributed by atoms with Crippen molar-refractivity contribution in [2.75, 3.05) is 33.7 Å². The van der Waals surface area contributed by atoms with Gasteiger partial charge in [-0.3, -0.25) is 0 Å². The number of unbranched alkanes of at least 4 members (excludes halogenated alkanes) is 6. The average Bonchev–Trinajstić information content (AvgIpc) is 3.29. The zero-order valence-corrected chi connectivity index (χ0v) is 26.7. The molecule has 0 fully saturated rings. The van der Waals surface area contributed by atoms with Gasteiger partial charge >= 0.3 is 6.03 Å². The Morgan fingerprint density at radius 1 is 0.927 bits per heavy atom. The molecule has 0 heterocycles. The maximum atomic E-state index is 12.8. The number of halogens is 2. The van der Waals surface area contributed by atoms with E-state index in [9.17, 15) is 13.2 Å². The number of amides is 2. The van der Waals surface area contributed by atoms with Crippen molar-refractivity contribution in [1.29, 1.82) is 0 Å². The summed E-state index contributed by atoms with van der Waals surface area (Å²) < 4.78 is 34.6. The summed E-state index contributed by atoms with van der Waals surface area (Å²) >= 11 is 12.7. The predicted molar refractivity (Wildman–Crippen MR) is 167 cm³/mol. The molecule has 0 saturated heterocycles. The van der Waals surface area contributed by atoms with Gasteiger partial charge in [-0.2, -0.15) is 0 Å². The third kappa shape index (κ3) is 10.3. The lowest BCUT2D eigenvalue weighted by Gasteiger charge is -2.27. The molecular formula is C30H44Cl2N4O4S. The number of carbonyl (C=O) groups is 1. The number of benzene rings is 2. The van der Waals surface area contributed by atoms with E-state index in [4.69, 9.17) is 27.9 Å². The van der Waals surface area contributed by atoms with Crippen LogP contribution in [0.1, 0.15) is 75.5 Å². The molecule has 3 N–H and O–H groups in total. The largest absolute Gasteiger partial charge is 0.484 e. The number of nitrogens with zero attached hydrogens (tertiary/aromatic N) is 1. The standard InChI is InChI=1S/C30H44Cl2N4O4S/c1-4-5-16-33-30(37)34-17-10-8-6-7-9-11-18-35-41(38,39)24-14-12-23(13-15-24)40-29-26-19-22(31)20-27(32)25(26)21-28(29)36(2)3/h12-15,19-20,28-29,35H,4-11,16-18,21H2,1-3H3,(H2,33,34,37)/t28-,29-/m0/s1. The minimum absolute atomic E-state index is 0.0736. The third-order valence-electron chi connectivity index (χ3n) is 7.32. The van der Waals surface area contributed by atoms with Gasteiger partial charge in [0, 0.05) is 35.2 Å². The summed E-state index contributed by atoms with van der Waals surface area (Å²) in [4.78, 5) is 13.9. The number of hydrogen-bond acceptors (Lipinski definition) is 5. The Bertz CT molecular complexity index is 1230. The SMILES string of the molecule is CCCCNC(=O)NCCCCCCCCNS(=O)(=O)c1ccc(O[C@H]2c3cc(Cl)cc(Cl)c3C[C@@H]2N(C)C)cc1. The Kier molecular flexibility index (Phi) is 13.5. The Morgan fingerprint density at radius 3 is 2.17 bits per heavy atom. The maximum Gasteiger partial charge on any atom is 0.314 e. The van der Waals surface area contributed by atoms with Crippen molar-refractivity contribution >= 4 is 39.3 Å². The van der Waals surface area contributed by atoms with Crippen molar-refractivity contribution in [2.45, 2.75) is 81.8 Å². The fourth-order valence-electron chi connectivity index (χ4n) is 4.95. The molecule has 0 bridgehead atoms. The third-order valence-corrected chi connectivity index (χ3v) is 9.35. The number of carbonyl (C=O) groups excluding carboxylic acids is 1.